The highest BCUT2D eigenvalue weighted by Crippen LogP contribution is 2.61. The Balaban J connectivity index is 1.81. The number of carbonyl (C=O) groups is 1. The van der Waals surface area contributed by atoms with Gasteiger partial charge in [-0.25, -0.2) is 0 Å². The van der Waals surface area contributed by atoms with Crippen LogP contribution >= 0.6 is 0 Å². The van der Waals surface area contributed by atoms with Crippen molar-refractivity contribution in [3.63, 3.8) is 0 Å². The molecule has 0 bridgehead atoms. The summed E-state index contributed by atoms with van der Waals surface area (Å²) in [5, 5.41) is 20.5. The predicted molar refractivity (Wildman–Crippen MR) is 105 cm³/mol. The summed E-state index contributed by atoms with van der Waals surface area (Å²) in [5.74, 6) is 0.649. The average Bonchev–Trinajstić information content (AvgIpc) is 2.91. The van der Waals surface area contributed by atoms with E-state index >= 15 is 0 Å². The zero-order valence-electron chi connectivity index (χ0n) is 17.2. The average molecular weight is 374 g/mol. The summed E-state index contributed by atoms with van der Waals surface area (Å²) >= 11 is 0. The Bertz CT molecular complexity index is 638. The van der Waals surface area contributed by atoms with Gasteiger partial charge in [-0.05, 0) is 80.0 Å². The molecule has 0 aliphatic heterocycles. The minimum Gasteiger partial charge on any atom is -0.463 e. The summed E-state index contributed by atoms with van der Waals surface area (Å²) < 4.78 is 5.51. The molecule has 0 aromatic heterocycles. The van der Waals surface area contributed by atoms with Crippen LogP contribution in [0.1, 0.15) is 78.6 Å². The van der Waals surface area contributed by atoms with Crippen LogP contribution in [0.25, 0.3) is 0 Å². The molecular weight excluding hydrogens is 338 g/mol. The number of nitrogens with zero attached hydrogens (tertiary/aromatic N) is 1. The molecule has 0 radical (unpaired) electrons. The second-order valence-electron chi connectivity index (χ2n) is 9.71. The van der Waals surface area contributed by atoms with Crippen molar-refractivity contribution in [3.05, 3.63) is 12.2 Å². The van der Waals surface area contributed by atoms with Gasteiger partial charge in [0.15, 0.2) is 0 Å². The number of ether oxygens (including phenoxy) is 1. The summed E-state index contributed by atoms with van der Waals surface area (Å²) in [6.07, 6.45) is 7.82. The van der Waals surface area contributed by atoms with E-state index < -0.39 is 0 Å². The monoisotopic (exact) mass is 373 g/mol. The van der Waals surface area contributed by atoms with Gasteiger partial charge in [0.25, 0.3) is 0 Å². The Morgan fingerprint density at radius 1 is 1.30 bits per heavy atom. The van der Waals surface area contributed by atoms with Crippen molar-refractivity contribution < 1.29 is 14.6 Å². The van der Waals surface area contributed by atoms with Crippen molar-refractivity contribution in [2.45, 2.75) is 90.8 Å². The van der Waals surface area contributed by atoms with Crippen LogP contribution in [0, 0.1) is 39.9 Å². The first-order valence-corrected chi connectivity index (χ1v) is 10.6. The van der Waals surface area contributed by atoms with Gasteiger partial charge in [-0.15, -0.1) is 0 Å². The zero-order valence-corrected chi connectivity index (χ0v) is 17.2. The summed E-state index contributed by atoms with van der Waals surface area (Å²) in [6, 6.07) is 2.29. The van der Waals surface area contributed by atoms with E-state index in [0.717, 1.165) is 51.4 Å². The van der Waals surface area contributed by atoms with E-state index in [1.165, 1.54) is 12.5 Å². The Morgan fingerprint density at radius 3 is 2.70 bits per heavy atom. The van der Waals surface area contributed by atoms with E-state index in [4.69, 9.17) is 10.00 Å². The maximum Gasteiger partial charge on any atom is 0.302 e. The number of aliphatic hydroxyl groups excluding tert-OH is 1. The second-order valence-corrected chi connectivity index (χ2v) is 9.71. The van der Waals surface area contributed by atoms with Gasteiger partial charge in [0.2, 0.25) is 0 Å². The Morgan fingerprint density at radius 2 is 2.04 bits per heavy atom. The second kappa shape index (κ2) is 7.59. The van der Waals surface area contributed by atoms with Crippen molar-refractivity contribution in [1.29, 1.82) is 5.26 Å². The zero-order chi connectivity index (χ0) is 19.8. The fourth-order valence-corrected chi connectivity index (χ4v) is 6.63. The largest absolute Gasteiger partial charge is 0.463 e. The van der Waals surface area contributed by atoms with Crippen LogP contribution in [0.2, 0.25) is 0 Å². The molecular formula is C23H35NO3. The molecule has 150 valence electrons. The fourth-order valence-electron chi connectivity index (χ4n) is 6.63. The summed E-state index contributed by atoms with van der Waals surface area (Å²) in [4.78, 5) is 11.4. The molecule has 3 aliphatic carbocycles. The first-order chi connectivity index (χ1) is 12.7. The summed E-state index contributed by atoms with van der Waals surface area (Å²) in [6.45, 7) is 10.4. The third-order valence-electron chi connectivity index (χ3n) is 8.45. The lowest BCUT2D eigenvalue weighted by atomic mass is 9.51. The minimum atomic E-state index is -0.303. The van der Waals surface area contributed by atoms with Gasteiger partial charge >= 0.3 is 5.97 Å². The van der Waals surface area contributed by atoms with Gasteiger partial charge in [-0.1, -0.05) is 26.0 Å². The molecule has 0 unspecified atom stereocenters. The Hall–Kier alpha value is -1.34. The lowest BCUT2D eigenvalue weighted by Crippen LogP contribution is -2.53. The molecule has 0 aromatic carbocycles. The van der Waals surface area contributed by atoms with Crippen LogP contribution in [0.4, 0.5) is 0 Å². The molecule has 4 nitrogen and oxygen atoms in total. The van der Waals surface area contributed by atoms with Crippen LogP contribution in [0.5, 0.6) is 0 Å². The van der Waals surface area contributed by atoms with Crippen LogP contribution in [-0.2, 0) is 9.53 Å². The van der Waals surface area contributed by atoms with E-state index in [2.05, 4.69) is 26.5 Å². The van der Waals surface area contributed by atoms with Crippen molar-refractivity contribution in [2.24, 2.45) is 28.6 Å². The quantitative estimate of drug-likeness (QED) is 0.569. The highest BCUT2D eigenvalue weighted by Gasteiger charge is 2.56. The number of nitriles is 1. The number of allylic oxidation sites excluding steroid dienone is 1. The first kappa shape index (κ1) is 20.4. The van der Waals surface area contributed by atoms with Crippen LogP contribution in [0.15, 0.2) is 12.2 Å². The van der Waals surface area contributed by atoms with Gasteiger partial charge in [0, 0.05) is 13.3 Å². The molecule has 3 saturated carbocycles. The summed E-state index contributed by atoms with van der Waals surface area (Å²) in [5.41, 5.74) is 1.40. The van der Waals surface area contributed by atoms with Gasteiger partial charge in [-0.2, -0.15) is 5.26 Å². The maximum absolute atomic E-state index is 11.4. The molecule has 0 spiro atoms. The number of rotatable bonds is 4. The first-order valence-electron chi connectivity index (χ1n) is 10.6. The highest BCUT2D eigenvalue weighted by molar-refractivity contribution is 5.66. The summed E-state index contributed by atoms with van der Waals surface area (Å²) in [7, 11) is 0. The molecule has 3 aliphatic rings. The van der Waals surface area contributed by atoms with Gasteiger partial charge in [-0.3, -0.25) is 4.79 Å². The number of fused-ring (bicyclic) bond motifs is 1. The SMILES string of the molecule is C=C1CC[C@H]2[C@H](O)[C@@H]([C@@]3(C)CC[C@H](OC(C)=O)C[C@@H]3CCC#N)CC[C@]12C. The molecule has 3 fully saturated rings. The maximum atomic E-state index is 11.4. The Labute approximate surface area is 164 Å². The van der Waals surface area contributed by atoms with Crippen LogP contribution in [0.3, 0.4) is 0 Å². The molecule has 0 amide bonds. The molecule has 0 heterocycles. The molecule has 3 rings (SSSR count). The van der Waals surface area contributed by atoms with E-state index in [0.29, 0.717) is 18.3 Å². The molecule has 1 N–H and O–H groups in total. The van der Waals surface area contributed by atoms with Crippen molar-refractivity contribution >= 4 is 5.97 Å². The van der Waals surface area contributed by atoms with E-state index in [1.807, 2.05) is 0 Å². The van der Waals surface area contributed by atoms with E-state index in [-0.39, 0.29) is 34.9 Å². The topological polar surface area (TPSA) is 70.3 Å². The fraction of sp³-hybridized carbons (Fsp3) is 0.826. The van der Waals surface area contributed by atoms with E-state index in [1.54, 1.807) is 0 Å². The highest BCUT2D eigenvalue weighted by atomic mass is 16.5. The number of aliphatic hydroxyl groups is 1. The van der Waals surface area contributed by atoms with Crippen molar-refractivity contribution in [1.82, 2.24) is 0 Å². The number of carbonyl (C=O) groups excluding carboxylic acids is 1. The Kier molecular flexibility index (Phi) is 5.73. The minimum absolute atomic E-state index is 0.00182. The predicted octanol–water partition coefficient (Wildman–Crippen LogP) is 4.77. The van der Waals surface area contributed by atoms with Crippen molar-refractivity contribution in [3.8, 4) is 6.07 Å². The van der Waals surface area contributed by atoms with Gasteiger partial charge in [0.1, 0.15) is 6.10 Å². The van der Waals surface area contributed by atoms with Gasteiger partial charge < -0.3 is 9.84 Å². The molecule has 0 saturated heterocycles. The van der Waals surface area contributed by atoms with Crippen molar-refractivity contribution in [2.75, 3.05) is 0 Å². The third-order valence-corrected chi connectivity index (χ3v) is 8.45. The van der Waals surface area contributed by atoms with Crippen LogP contribution in [-0.4, -0.2) is 23.3 Å². The third kappa shape index (κ3) is 3.56. The van der Waals surface area contributed by atoms with Crippen LogP contribution < -0.4 is 0 Å². The van der Waals surface area contributed by atoms with Gasteiger partial charge in [0.05, 0.1) is 12.2 Å². The lowest BCUT2D eigenvalue weighted by Gasteiger charge is -2.55. The van der Waals surface area contributed by atoms with E-state index in [9.17, 15) is 9.90 Å². The molecule has 4 heteroatoms. The smallest absolute Gasteiger partial charge is 0.302 e. The number of esters is 1. The molecule has 7 atom stereocenters. The number of hydrogen-bond acceptors (Lipinski definition) is 4. The molecule has 27 heavy (non-hydrogen) atoms. The molecule has 0 aromatic rings. The normalized spacial score (nSPS) is 44.4. The lowest BCUT2D eigenvalue weighted by molar-refractivity contribution is -0.157. The number of hydrogen-bond donors (Lipinski definition) is 1. The standard InChI is InChI=1S/C23H35NO3/c1-15-7-8-19-21(26)20(10-12-22(15,19)3)23(4)11-9-18(27-16(2)25)14-17(23)6-5-13-24/h17-21,26H,1,5-12,14H2,2-4H3/t17-,18-,19-,20-,21-,22+,23-/m0/s1.